The van der Waals surface area contributed by atoms with Crippen LogP contribution in [0.4, 0.5) is 0 Å². The Balaban J connectivity index is 2.25. The van der Waals surface area contributed by atoms with E-state index in [0.717, 1.165) is 36.6 Å². The Labute approximate surface area is 213 Å². The summed E-state index contributed by atoms with van der Waals surface area (Å²) in [6.07, 6.45) is 4.24. The Morgan fingerprint density at radius 3 is 1.81 bits per heavy atom. The molecule has 36 heavy (non-hydrogen) atoms. The second kappa shape index (κ2) is 15.0. The molecule has 0 amide bonds. The molecule has 8 nitrogen and oxygen atoms in total. The van der Waals surface area contributed by atoms with Crippen LogP contribution in [0.25, 0.3) is 0 Å². The Bertz CT molecular complexity index is 1030. The number of carbonyl (C=O) groups excluding carboxylic acids is 2. The molecule has 0 saturated carbocycles. The van der Waals surface area contributed by atoms with Crippen molar-refractivity contribution in [1.29, 1.82) is 0 Å². The first-order chi connectivity index (χ1) is 17.2. The largest absolute Gasteiger partial charge is 0.460 e. The van der Waals surface area contributed by atoms with E-state index in [1.807, 2.05) is 60.7 Å². The molecule has 0 radical (unpaired) electrons. The number of ether oxygens (including phenoxy) is 2. The smallest absolute Gasteiger partial charge is 0.325 e. The van der Waals surface area contributed by atoms with Crippen LogP contribution >= 0.6 is 0 Å². The van der Waals surface area contributed by atoms with Gasteiger partial charge in [0.1, 0.15) is 13.2 Å². The number of oxime groups is 1. The maximum absolute atomic E-state index is 13.3. The van der Waals surface area contributed by atoms with Crippen molar-refractivity contribution in [2.24, 2.45) is 17.0 Å². The number of nitrogens with zero attached hydrogens (tertiary/aromatic N) is 1. The van der Waals surface area contributed by atoms with Crippen molar-refractivity contribution in [1.82, 2.24) is 0 Å². The number of esters is 2. The Morgan fingerprint density at radius 2 is 1.36 bits per heavy atom. The van der Waals surface area contributed by atoms with Gasteiger partial charge < -0.3 is 9.47 Å². The first-order valence-electron chi connectivity index (χ1n) is 12.0. The van der Waals surface area contributed by atoms with E-state index in [4.69, 9.17) is 9.47 Å². The highest BCUT2D eigenvalue weighted by molar-refractivity contribution is 7.85. The second-order valence-electron chi connectivity index (χ2n) is 8.73. The van der Waals surface area contributed by atoms with Crippen LogP contribution in [0.15, 0.2) is 65.8 Å². The van der Waals surface area contributed by atoms with Crippen LogP contribution < -0.4 is 0 Å². The van der Waals surface area contributed by atoms with E-state index < -0.39 is 33.9 Å². The summed E-state index contributed by atoms with van der Waals surface area (Å²) in [6.45, 7) is 3.70. The highest BCUT2D eigenvalue weighted by Crippen LogP contribution is 2.27. The number of rotatable bonds is 15. The van der Waals surface area contributed by atoms with Crippen LogP contribution in [0.3, 0.4) is 0 Å². The molecular weight excluding hydrogens is 482 g/mol. The summed E-state index contributed by atoms with van der Waals surface area (Å²) < 4.78 is 38.3. The van der Waals surface area contributed by atoms with Crippen LogP contribution in [0.2, 0.25) is 0 Å². The van der Waals surface area contributed by atoms with E-state index in [9.17, 15) is 18.0 Å². The number of benzene rings is 2. The maximum Gasteiger partial charge on any atom is 0.325 e. The fraction of sp³-hybridized carbons (Fsp3) is 0.444. The lowest BCUT2D eigenvalue weighted by molar-refractivity contribution is -0.166. The van der Waals surface area contributed by atoms with Gasteiger partial charge >= 0.3 is 22.1 Å². The van der Waals surface area contributed by atoms with Crippen LogP contribution in [0.5, 0.6) is 0 Å². The number of unbranched alkanes of at least 4 members (excludes halogenated alkanes) is 2. The van der Waals surface area contributed by atoms with Gasteiger partial charge in [-0.15, -0.1) is 0 Å². The number of hydrogen-bond acceptors (Lipinski definition) is 8. The minimum atomic E-state index is -3.78. The van der Waals surface area contributed by atoms with Gasteiger partial charge in [-0.05, 0) is 36.8 Å². The third-order valence-electron chi connectivity index (χ3n) is 5.49. The molecule has 0 aliphatic rings. The molecule has 9 heteroatoms. The summed E-state index contributed by atoms with van der Waals surface area (Å²) in [7, 11) is -3.78. The molecule has 1 atom stereocenters. The van der Waals surface area contributed by atoms with E-state index in [1.54, 1.807) is 6.92 Å². The molecule has 0 aliphatic carbocycles. The zero-order chi connectivity index (χ0) is 26.4. The summed E-state index contributed by atoms with van der Waals surface area (Å²) in [5.74, 6) is -3.07. The Morgan fingerprint density at radius 1 is 0.861 bits per heavy atom. The van der Waals surface area contributed by atoms with Crippen molar-refractivity contribution in [3.8, 4) is 0 Å². The predicted octanol–water partition coefficient (Wildman–Crippen LogP) is 5.03. The molecule has 196 valence electrons. The third-order valence-corrected chi connectivity index (χ3v) is 5.84. The maximum atomic E-state index is 13.3. The van der Waals surface area contributed by atoms with Gasteiger partial charge in [-0.3, -0.25) is 13.9 Å². The van der Waals surface area contributed by atoms with Crippen molar-refractivity contribution in [3.63, 3.8) is 0 Å². The van der Waals surface area contributed by atoms with Crippen LogP contribution in [0.1, 0.15) is 57.1 Å². The molecule has 1 unspecified atom stereocenters. The monoisotopic (exact) mass is 517 g/mol. The third kappa shape index (κ3) is 11.0. The minimum absolute atomic E-state index is 0.0219. The normalized spacial score (nSPS) is 12.7. The molecular formula is C27H35NO7S. The first kappa shape index (κ1) is 29.0. The van der Waals surface area contributed by atoms with Gasteiger partial charge in [0.15, 0.2) is 5.92 Å². The SMILES string of the molecule is CCCCCC(C/C(C)=N/OS(C)(=O)=O)C(C(=O)OCc1ccccc1)C(=O)OCc1ccccc1. The molecule has 2 rings (SSSR count). The van der Waals surface area contributed by atoms with Gasteiger partial charge in [0.05, 0.1) is 12.0 Å². The van der Waals surface area contributed by atoms with Gasteiger partial charge in [0, 0.05) is 0 Å². The van der Waals surface area contributed by atoms with E-state index in [-0.39, 0.29) is 19.6 Å². The molecule has 2 aromatic carbocycles. The molecule has 0 heterocycles. The Kier molecular flexibility index (Phi) is 12.1. The highest BCUT2D eigenvalue weighted by atomic mass is 32.2. The fourth-order valence-electron chi connectivity index (χ4n) is 3.71. The lowest BCUT2D eigenvalue weighted by atomic mass is 9.83. The number of carbonyl (C=O) groups is 2. The summed E-state index contributed by atoms with van der Waals surface area (Å²) in [5.41, 5.74) is 1.94. The van der Waals surface area contributed by atoms with Crippen molar-refractivity contribution < 1.29 is 31.8 Å². The highest BCUT2D eigenvalue weighted by Gasteiger charge is 2.38. The van der Waals surface area contributed by atoms with E-state index in [0.29, 0.717) is 12.1 Å². The topological polar surface area (TPSA) is 108 Å². The molecule has 0 aromatic heterocycles. The summed E-state index contributed by atoms with van der Waals surface area (Å²) in [4.78, 5) is 26.5. The van der Waals surface area contributed by atoms with Crippen molar-refractivity contribution in [2.45, 2.75) is 59.2 Å². The van der Waals surface area contributed by atoms with E-state index in [2.05, 4.69) is 16.4 Å². The molecule has 0 spiro atoms. The van der Waals surface area contributed by atoms with Crippen molar-refractivity contribution in [2.75, 3.05) is 6.26 Å². The quantitative estimate of drug-likeness (QED) is 0.107. The first-order valence-corrected chi connectivity index (χ1v) is 13.8. The summed E-state index contributed by atoms with van der Waals surface area (Å²) in [6, 6.07) is 18.4. The predicted molar refractivity (Wildman–Crippen MR) is 137 cm³/mol. The van der Waals surface area contributed by atoms with E-state index in [1.165, 1.54) is 0 Å². The lowest BCUT2D eigenvalue weighted by Gasteiger charge is -2.24. The van der Waals surface area contributed by atoms with Crippen LogP contribution in [-0.4, -0.2) is 32.3 Å². The molecule has 2 aromatic rings. The molecule has 0 saturated heterocycles. The molecule has 0 N–H and O–H groups in total. The molecule has 0 aliphatic heterocycles. The lowest BCUT2D eigenvalue weighted by Crippen LogP contribution is -2.35. The van der Waals surface area contributed by atoms with Gasteiger partial charge in [-0.2, -0.15) is 8.42 Å². The summed E-state index contributed by atoms with van der Waals surface area (Å²) >= 11 is 0. The number of hydrogen-bond donors (Lipinski definition) is 0. The van der Waals surface area contributed by atoms with Gasteiger partial charge in [-0.1, -0.05) is 92.0 Å². The second-order valence-corrected chi connectivity index (χ2v) is 10.3. The average Bonchev–Trinajstić information content (AvgIpc) is 2.86. The zero-order valence-electron chi connectivity index (χ0n) is 21.1. The van der Waals surface area contributed by atoms with E-state index >= 15 is 0 Å². The average molecular weight is 518 g/mol. The van der Waals surface area contributed by atoms with Gasteiger partial charge in [0.25, 0.3) is 0 Å². The van der Waals surface area contributed by atoms with Gasteiger partial charge in [0.2, 0.25) is 0 Å². The minimum Gasteiger partial charge on any atom is -0.460 e. The van der Waals surface area contributed by atoms with Crippen molar-refractivity contribution >= 4 is 27.8 Å². The van der Waals surface area contributed by atoms with Gasteiger partial charge in [-0.25, -0.2) is 0 Å². The fourth-order valence-corrected chi connectivity index (χ4v) is 3.97. The standard InChI is InChI=1S/C27H35NO7S/c1-4-5-8-17-24(18-21(2)28-35-36(3,31)32)25(26(29)33-19-22-13-9-6-10-14-22)27(30)34-20-23-15-11-7-12-16-23/h6-7,9-16,24-25H,4-5,8,17-20H2,1-3H3/b28-21+. The molecule has 0 fully saturated rings. The zero-order valence-corrected chi connectivity index (χ0v) is 21.9. The van der Waals surface area contributed by atoms with Crippen LogP contribution in [0, 0.1) is 11.8 Å². The van der Waals surface area contributed by atoms with Crippen LogP contribution in [-0.2, 0) is 46.7 Å². The summed E-state index contributed by atoms with van der Waals surface area (Å²) in [5, 5.41) is 3.68. The molecule has 0 bridgehead atoms. The van der Waals surface area contributed by atoms with Crippen molar-refractivity contribution in [3.05, 3.63) is 71.8 Å². The Hall–Kier alpha value is -3.20.